The van der Waals surface area contributed by atoms with Crippen LogP contribution in [0.1, 0.15) is 0 Å². The highest BCUT2D eigenvalue weighted by Gasteiger charge is 2.37. The van der Waals surface area contributed by atoms with Crippen LogP contribution in [0.15, 0.2) is 72.8 Å². The van der Waals surface area contributed by atoms with Crippen molar-refractivity contribution >= 4 is 30.8 Å². The van der Waals surface area contributed by atoms with Gasteiger partial charge in [-0.05, 0) is 57.0 Å². The number of rotatable bonds is 1. The second-order valence-corrected chi connectivity index (χ2v) is 7.78. The molecular weight excluding hydrogens is 353 g/mol. The van der Waals surface area contributed by atoms with Crippen molar-refractivity contribution in [3.8, 4) is 22.6 Å². The number of hydrogen-bond donors (Lipinski definition) is 0. The molecule has 1 unspecified atom stereocenters. The van der Waals surface area contributed by atoms with E-state index in [1.165, 1.54) is 10.8 Å². The van der Waals surface area contributed by atoms with Crippen molar-refractivity contribution in [1.82, 2.24) is 4.90 Å². The first-order chi connectivity index (χ1) is 13.1. The van der Waals surface area contributed by atoms with Crippen LogP contribution in [0.2, 0.25) is 0 Å². The van der Waals surface area contributed by atoms with Crippen molar-refractivity contribution in [2.75, 3.05) is 14.1 Å². The Bertz CT molecular complexity index is 1100. The summed E-state index contributed by atoms with van der Waals surface area (Å²) < 4.78 is 12.8. The molecule has 0 aliphatic carbocycles. The van der Waals surface area contributed by atoms with E-state index in [2.05, 4.69) is 69.9 Å². The van der Waals surface area contributed by atoms with Crippen molar-refractivity contribution in [1.29, 1.82) is 0 Å². The van der Waals surface area contributed by atoms with Gasteiger partial charge in [0.1, 0.15) is 11.5 Å². The zero-order valence-electron chi connectivity index (χ0n) is 15.3. The van der Waals surface area contributed by atoms with Crippen molar-refractivity contribution in [3.05, 3.63) is 72.8 Å². The predicted octanol–water partition coefficient (Wildman–Crippen LogP) is 5.48. The highest BCUT2D eigenvalue weighted by Crippen LogP contribution is 2.50. The molecule has 134 valence electrons. The summed E-state index contributed by atoms with van der Waals surface area (Å²) in [6.45, 7) is 0. The van der Waals surface area contributed by atoms with Gasteiger partial charge in [0.05, 0.1) is 0 Å². The highest BCUT2D eigenvalue weighted by molar-refractivity contribution is 7.18. The number of ether oxygens (including phenoxy) is 2. The molecular formula is C23H20NO2P. The average Bonchev–Trinajstić information content (AvgIpc) is 2.82. The van der Waals surface area contributed by atoms with Gasteiger partial charge in [0.2, 0.25) is 0 Å². The van der Waals surface area contributed by atoms with E-state index in [9.17, 15) is 0 Å². The lowest BCUT2D eigenvalue weighted by atomic mass is 9.92. The van der Waals surface area contributed by atoms with E-state index in [0.717, 1.165) is 33.4 Å². The lowest BCUT2D eigenvalue weighted by Gasteiger charge is -2.34. The maximum Gasteiger partial charge on any atom is 0.326 e. The summed E-state index contributed by atoms with van der Waals surface area (Å²) in [5, 5.41) is 4.67. The number of nitrogens with zero attached hydrogens (tertiary/aromatic N) is 1. The minimum Gasteiger partial charge on any atom is -0.436 e. The quantitative estimate of drug-likeness (QED) is 0.413. The van der Waals surface area contributed by atoms with Gasteiger partial charge in [0.15, 0.2) is 0 Å². The normalized spacial score (nSPS) is 15.0. The third-order valence-electron chi connectivity index (χ3n) is 5.17. The van der Waals surface area contributed by atoms with Crippen LogP contribution in [0.3, 0.4) is 0 Å². The van der Waals surface area contributed by atoms with Gasteiger partial charge in [-0.3, -0.25) is 0 Å². The molecule has 0 fully saturated rings. The van der Waals surface area contributed by atoms with E-state index < -0.39 is 5.65 Å². The first-order valence-electron chi connectivity index (χ1n) is 8.95. The first kappa shape index (κ1) is 16.6. The average molecular weight is 373 g/mol. The van der Waals surface area contributed by atoms with Gasteiger partial charge < -0.3 is 9.47 Å². The highest BCUT2D eigenvalue weighted by atomic mass is 31.0. The van der Waals surface area contributed by atoms with Crippen LogP contribution in [0, 0.1) is 0 Å². The molecule has 0 saturated heterocycles. The molecule has 1 aliphatic heterocycles. The van der Waals surface area contributed by atoms with Crippen LogP contribution in [-0.2, 0) is 0 Å². The topological polar surface area (TPSA) is 21.7 Å². The second kappa shape index (κ2) is 5.95. The summed E-state index contributed by atoms with van der Waals surface area (Å²) in [4.78, 5) is 1.92. The summed E-state index contributed by atoms with van der Waals surface area (Å²) in [5.41, 5.74) is 1.17. The molecule has 0 aromatic heterocycles. The SMILES string of the molecule is CN(C)C1(P)Oc2ccc3ccccc3c2-c2c(ccc3ccccc23)O1. The van der Waals surface area contributed by atoms with Crippen molar-refractivity contribution in [3.63, 3.8) is 0 Å². The van der Waals surface area contributed by atoms with Crippen molar-refractivity contribution in [2.24, 2.45) is 0 Å². The molecule has 0 spiro atoms. The number of fused-ring (bicyclic) bond motifs is 7. The molecule has 4 aromatic rings. The largest absolute Gasteiger partial charge is 0.436 e. The summed E-state index contributed by atoms with van der Waals surface area (Å²) >= 11 is 0. The van der Waals surface area contributed by atoms with Crippen LogP contribution in [0.25, 0.3) is 32.7 Å². The summed E-state index contributed by atoms with van der Waals surface area (Å²) in [6.07, 6.45) is 0. The third kappa shape index (κ3) is 2.50. The molecule has 0 N–H and O–H groups in total. The number of hydrogen-bond acceptors (Lipinski definition) is 3. The lowest BCUT2D eigenvalue weighted by molar-refractivity contribution is -0.127. The fourth-order valence-corrected chi connectivity index (χ4v) is 3.96. The Balaban J connectivity index is 1.96. The minimum absolute atomic E-state index is 0.813. The van der Waals surface area contributed by atoms with E-state index in [0.29, 0.717) is 0 Å². The van der Waals surface area contributed by atoms with Gasteiger partial charge in [-0.1, -0.05) is 60.7 Å². The molecule has 0 bridgehead atoms. The van der Waals surface area contributed by atoms with E-state index in [-0.39, 0.29) is 0 Å². The standard InChI is InChI=1S/C23H20NO2P/c1-24(2)23(27)25-19-13-11-15-7-3-5-9-17(15)21(19)22-18-10-6-4-8-16(18)12-14-20(22)26-23/h3-14H,27H2,1-2H3. The molecule has 27 heavy (non-hydrogen) atoms. The Hall–Kier alpha value is -2.61. The molecule has 1 atom stereocenters. The van der Waals surface area contributed by atoms with Gasteiger partial charge in [-0.2, -0.15) is 0 Å². The van der Waals surface area contributed by atoms with Gasteiger partial charge in [0.25, 0.3) is 0 Å². The van der Waals surface area contributed by atoms with E-state index in [4.69, 9.17) is 9.47 Å². The van der Waals surface area contributed by atoms with E-state index in [1.807, 2.05) is 31.1 Å². The minimum atomic E-state index is -0.981. The predicted molar refractivity (Wildman–Crippen MR) is 114 cm³/mol. The molecule has 0 radical (unpaired) electrons. The smallest absolute Gasteiger partial charge is 0.326 e. The van der Waals surface area contributed by atoms with Crippen LogP contribution < -0.4 is 9.47 Å². The summed E-state index contributed by atoms with van der Waals surface area (Å²) in [5.74, 6) is 1.63. The Morgan fingerprint density at radius 2 is 1.11 bits per heavy atom. The van der Waals surface area contributed by atoms with Gasteiger partial charge in [0, 0.05) is 11.1 Å². The zero-order chi connectivity index (χ0) is 18.6. The van der Waals surface area contributed by atoms with Crippen LogP contribution in [0.5, 0.6) is 11.5 Å². The molecule has 5 rings (SSSR count). The Kier molecular flexibility index (Phi) is 3.65. The fraction of sp³-hybridized carbons (Fsp3) is 0.130. The molecule has 0 saturated carbocycles. The second-order valence-electron chi connectivity index (χ2n) is 7.05. The van der Waals surface area contributed by atoms with Crippen LogP contribution in [-0.4, -0.2) is 24.6 Å². The van der Waals surface area contributed by atoms with Gasteiger partial charge in [-0.25, -0.2) is 4.90 Å². The van der Waals surface area contributed by atoms with Crippen LogP contribution in [0.4, 0.5) is 0 Å². The van der Waals surface area contributed by atoms with E-state index in [1.54, 1.807) is 0 Å². The lowest BCUT2D eigenvalue weighted by Crippen LogP contribution is -2.48. The summed E-state index contributed by atoms with van der Waals surface area (Å²) in [7, 11) is 6.60. The van der Waals surface area contributed by atoms with Crippen molar-refractivity contribution < 1.29 is 9.47 Å². The number of benzene rings is 4. The molecule has 0 amide bonds. The van der Waals surface area contributed by atoms with Gasteiger partial charge >= 0.3 is 5.65 Å². The molecule has 1 aliphatic rings. The van der Waals surface area contributed by atoms with Crippen LogP contribution >= 0.6 is 9.24 Å². The molecule has 4 heteroatoms. The van der Waals surface area contributed by atoms with Crippen molar-refractivity contribution in [2.45, 2.75) is 5.65 Å². The molecule has 4 aromatic carbocycles. The van der Waals surface area contributed by atoms with Gasteiger partial charge in [-0.15, -0.1) is 0 Å². The monoisotopic (exact) mass is 373 g/mol. The first-order valence-corrected chi connectivity index (χ1v) is 9.53. The maximum atomic E-state index is 6.41. The zero-order valence-corrected chi connectivity index (χ0v) is 16.4. The third-order valence-corrected chi connectivity index (χ3v) is 5.92. The fourth-order valence-electron chi connectivity index (χ4n) is 3.71. The van der Waals surface area contributed by atoms with E-state index >= 15 is 0 Å². The Morgan fingerprint density at radius 3 is 1.56 bits per heavy atom. The maximum absolute atomic E-state index is 6.41. The molecule has 1 heterocycles. The Labute approximate surface area is 160 Å². The molecule has 3 nitrogen and oxygen atoms in total. The summed E-state index contributed by atoms with van der Waals surface area (Å²) in [6, 6.07) is 25.1. The Morgan fingerprint density at radius 1 is 0.667 bits per heavy atom.